The summed E-state index contributed by atoms with van der Waals surface area (Å²) in [6, 6.07) is 0.359. The summed E-state index contributed by atoms with van der Waals surface area (Å²) in [6.07, 6.45) is 7.36. The van der Waals surface area contributed by atoms with Gasteiger partial charge < -0.3 is 10.2 Å². The third kappa shape index (κ3) is 6.92. The van der Waals surface area contributed by atoms with Gasteiger partial charge in [0.05, 0.1) is 0 Å². The van der Waals surface area contributed by atoms with Crippen LogP contribution in [0, 0.1) is 5.92 Å². The Hall–Kier alpha value is -1.06. The maximum Gasteiger partial charge on any atom is 0.221 e. The number of nitrogens with one attached hydrogen (secondary N) is 1. The van der Waals surface area contributed by atoms with E-state index in [1.807, 2.05) is 0 Å². The highest BCUT2D eigenvalue weighted by atomic mass is 16.2. The number of hydrogen-bond acceptors (Lipinski definition) is 2. The van der Waals surface area contributed by atoms with Crippen molar-refractivity contribution in [2.24, 2.45) is 5.92 Å². The zero-order chi connectivity index (χ0) is 15.0. The van der Waals surface area contributed by atoms with Crippen LogP contribution in [0.4, 0.5) is 0 Å². The lowest BCUT2D eigenvalue weighted by molar-refractivity contribution is -0.130. The fourth-order valence-electron chi connectivity index (χ4n) is 2.62. The van der Waals surface area contributed by atoms with E-state index in [4.69, 9.17) is 0 Å². The van der Waals surface area contributed by atoms with Crippen molar-refractivity contribution in [1.29, 1.82) is 0 Å². The molecule has 0 bridgehead atoms. The summed E-state index contributed by atoms with van der Waals surface area (Å²) >= 11 is 0. The first-order valence-electron chi connectivity index (χ1n) is 8.04. The Morgan fingerprint density at radius 2 is 1.80 bits per heavy atom. The van der Waals surface area contributed by atoms with E-state index in [0.29, 0.717) is 24.9 Å². The van der Waals surface area contributed by atoms with Crippen molar-refractivity contribution in [3.63, 3.8) is 0 Å². The monoisotopic (exact) mass is 282 g/mol. The molecule has 0 atom stereocenters. The zero-order valence-corrected chi connectivity index (χ0v) is 13.3. The SMILES string of the molecule is CC(=O)N(CCC(=O)NC1CCCCC1)CCC(C)C. The van der Waals surface area contributed by atoms with E-state index in [-0.39, 0.29) is 11.8 Å². The molecule has 1 N–H and O–H groups in total. The van der Waals surface area contributed by atoms with Gasteiger partial charge in [0, 0.05) is 32.5 Å². The lowest BCUT2D eigenvalue weighted by Crippen LogP contribution is -2.39. The summed E-state index contributed by atoms with van der Waals surface area (Å²) < 4.78 is 0. The van der Waals surface area contributed by atoms with E-state index in [1.54, 1.807) is 11.8 Å². The van der Waals surface area contributed by atoms with Gasteiger partial charge in [0.15, 0.2) is 0 Å². The highest BCUT2D eigenvalue weighted by Crippen LogP contribution is 2.17. The molecule has 0 heterocycles. The smallest absolute Gasteiger partial charge is 0.221 e. The van der Waals surface area contributed by atoms with Crippen LogP contribution in [0.5, 0.6) is 0 Å². The van der Waals surface area contributed by atoms with Crippen LogP contribution in [0.1, 0.15) is 65.7 Å². The van der Waals surface area contributed by atoms with E-state index >= 15 is 0 Å². The van der Waals surface area contributed by atoms with Crippen LogP contribution < -0.4 is 5.32 Å². The van der Waals surface area contributed by atoms with Gasteiger partial charge in [-0.1, -0.05) is 33.1 Å². The largest absolute Gasteiger partial charge is 0.353 e. The van der Waals surface area contributed by atoms with Gasteiger partial charge in [-0.15, -0.1) is 0 Å². The van der Waals surface area contributed by atoms with Crippen molar-refractivity contribution in [3.8, 4) is 0 Å². The molecule has 1 rings (SSSR count). The second-order valence-corrected chi connectivity index (χ2v) is 6.34. The summed E-state index contributed by atoms with van der Waals surface area (Å²) in [4.78, 5) is 25.3. The Bertz CT molecular complexity index is 310. The molecule has 0 aromatic rings. The van der Waals surface area contributed by atoms with E-state index < -0.39 is 0 Å². The predicted octanol–water partition coefficient (Wildman–Crippen LogP) is 2.72. The Morgan fingerprint density at radius 3 is 2.35 bits per heavy atom. The molecule has 0 unspecified atom stereocenters. The molecule has 116 valence electrons. The Balaban J connectivity index is 2.26. The van der Waals surface area contributed by atoms with Gasteiger partial charge >= 0.3 is 0 Å². The Kier molecular flexibility index (Phi) is 7.63. The minimum absolute atomic E-state index is 0.0658. The topological polar surface area (TPSA) is 49.4 Å². The summed E-state index contributed by atoms with van der Waals surface area (Å²) in [5.41, 5.74) is 0. The quantitative estimate of drug-likeness (QED) is 0.780. The van der Waals surface area contributed by atoms with Crippen molar-refractivity contribution < 1.29 is 9.59 Å². The molecular formula is C16H30N2O2. The molecular weight excluding hydrogens is 252 g/mol. The van der Waals surface area contributed by atoms with Gasteiger partial charge in [-0.3, -0.25) is 9.59 Å². The van der Waals surface area contributed by atoms with Crippen molar-refractivity contribution in [2.45, 2.75) is 71.8 Å². The number of carbonyl (C=O) groups excluding carboxylic acids is 2. The third-order valence-corrected chi connectivity index (χ3v) is 4.00. The average molecular weight is 282 g/mol. The third-order valence-electron chi connectivity index (χ3n) is 4.00. The second-order valence-electron chi connectivity index (χ2n) is 6.34. The van der Waals surface area contributed by atoms with Gasteiger partial charge in [-0.05, 0) is 25.2 Å². The van der Waals surface area contributed by atoms with Gasteiger partial charge in [-0.25, -0.2) is 0 Å². The maximum absolute atomic E-state index is 11.9. The summed E-state index contributed by atoms with van der Waals surface area (Å²) in [5.74, 6) is 0.733. The summed E-state index contributed by atoms with van der Waals surface area (Å²) in [7, 11) is 0. The van der Waals surface area contributed by atoms with E-state index in [2.05, 4.69) is 19.2 Å². The fraction of sp³-hybridized carbons (Fsp3) is 0.875. The van der Waals surface area contributed by atoms with Crippen LogP contribution in [0.15, 0.2) is 0 Å². The van der Waals surface area contributed by atoms with Crippen molar-refractivity contribution in [1.82, 2.24) is 10.2 Å². The summed E-state index contributed by atoms with van der Waals surface area (Å²) in [5, 5.41) is 3.10. The van der Waals surface area contributed by atoms with Crippen LogP contribution in [0.25, 0.3) is 0 Å². The molecule has 0 aromatic heterocycles. The lowest BCUT2D eigenvalue weighted by Gasteiger charge is -2.25. The first kappa shape index (κ1) is 17.0. The van der Waals surface area contributed by atoms with Crippen molar-refractivity contribution in [3.05, 3.63) is 0 Å². The van der Waals surface area contributed by atoms with E-state index in [0.717, 1.165) is 25.8 Å². The fourth-order valence-corrected chi connectivity index (χ4v) is 2.62. The van der Waals surface area contributed by atoms with Crippen molar-refractivity contribution >= 4 is 11.8 Å². The molecule has 0 saturated heterocycles. The molecule has 1 aliphatic carbocycles. The number of rotatable bonds is 7. The molecule has 0 radical (unpaired) electrons. The number of hydrogen-bond donors (Lipinski definition) is 1. The van der Waals surface area contributed by atoms with Gasteiger partial charge in [0.1, 0.15) is 0 Å². The standard InChI is InChI=1S/C16H30N2O2/c1-13(2)9-11-18(14(3)19)12-10-16(20)17-15-7-5-4-6-8-15/h13,15H,4-12H2,1-3H3,(H,17,20). The van der Waals surface area contributed by atoms with Crippen LogP contribution in [-0.2, 0) is 9.59 Å². The molecule has 1 aliphatic rings. The minimum atomic E-state index is 0.0658. The second kappa shape index (κ2) is 8.98. The lowest BCUT2D eigenvalue weighted by atomic mass is 9.95. The average Bonchev–Trinajstić information content (AvgIpc) is 2.39. The Labute approximate surface area is 123 Å². The highest BCUT2D eigenvalue weighted by molar-refractivity contribution is 5.78. The first-order chi connectivity index (χ1) is 9.49. The minimum Gasteiger partial charge on any atom is -0.353 e. The molecule has 1 fully saturated rings. The van der Waals surface area contributed by atoms with Crippen molar-refractivity contribution in [2.75, 3.05) is 13.1 Å². The maximum atomic E-state index is 11.9. The van der Waals surface area contributed by atoms with Crippen LogP contribution in [0.2, 0.25) is 0 Å². The van der Waals surface area contributed by atoms with Crippen LogP contribution >= 0.6 is 0 Å². The highest BCUT2D eigenvalue weighted by Gasteiger charge is 2.17. The number of nitrogens with zero attached hydrogens (tertiary/aromatic N) is 1. The number of amides is 2. The molecule has 0 aromatic carbocycles. The molecule has 2 amide bonds. The Morgan fingerprint density at radius 1 is 1.15 bits per heavy atom. The predicted molar refractivity (Wildman–Crippen MR) is 81.3 cm³/mol. The molecule has 4 heteroatoms. The molecule has 1 saturated carbocycles. The van der Waals surface area contributed by atoms with Gasteiger partial charge in [0.25, 0.3) is 0 Å². The van der Waals surface area contributed by atoms with Crippen LogP contribution in [-0.4, -0.2) is 35.8 Å². The number of carbonyl (C=O) groups is 2. The zero-order valence-electron chi connectivity index (χ0n) is 13.3. The molecule has 0 aliphatic heterocycles. The molecule has 0 spiro atoms. The van der Waals surface area contributed by atoms with Gasteiger partial charge in [0.2, 0.25) is 11.8 Å². The first-order valence-corrected chi connectivity index (χ1v) is 8.04. The van der Waals surface area contributed by atoms with E-state index in [1.165, 1.54) is 19.3 Å². The van der Waals surface area contributed by atoms with E-state index in [9.17, 15) is 9.59 Å². The normalized spacial score (nSPS) is 16.2. The summed E-state index contributed by atoms with van der Waals surface area (Å²) in [6.45, 7) is 7.17. The molecule has 20 heavy (non-hydrogen) atoms. The van der Waals surface area contributed by atoms with Crippen LogP contribution in [0.3, 0.4) is 0 Å². The van der Waals surface area contributed by atoms with Gasteiger partial charge in [-0.2, -0.15) is 0 Å². The molecule has 4 nitrogen and oxygen atoms in total.